The normalized spacial score (nSPS) is 17.7. The molecule has 0 unspecified atom stereocenters. The molecule has 3 heterocycles. The smallest absolute Gasteiger partial charge is 0.119 e. The van der Waals surface area contributed by atoms with Crippen LogP contribution < -0.4 is 4.74 Å². The molecule has 2 N–H and O–H groups in total. The Labute approximate surface area is 152 Å². The van der Waals surface area contributed by atoms with Crippen molar-refractivity contribution in [2.75, 3.05) is 13.7 Å². The highest BCUT2D eigenvalue weighted by Gasteiger charge is 2.27. The second-order valence-corrected chi connectivity index (χ2v) is 7.21. The maximum absolute atomic E-state index is 5.34. The SMILES string of the molecule is COc1ccc2[nH]c(CN3CCc4c([nH]c5ccccc45)[C@@H]3C)cc2c1. The van der Waals surface area contributed by atoms with Gasteiger partial charge in [0.2, 0.25) is 0 Å². The highest BCUT2D eigenvalue weighted by atomic mass is 16.5. The Morgan fingerprint density at radius 2 is 1.96 bits per heavy atom. The molecule has 0 saturated heterocycles. The van der Waals surface area contributed by atoms with Crippen LogP contribution in [0.4, 0.5) is 0 Å². The second-order valence-electron chi connectivity index (χ2n) is 7.21. The third kappa shape index (κ3) is 2.41. The average molecular weight is 345 g/mol. The molecule has 1 atom stereocenters. The van der Waals surface area contributed by atoms with Gasteiger partial charge in [0.15, 0.2) is 0 Å². The van der Waals surface area contributed by atoms with Crippen molar-refractivity contribution < 1.29 is 4.74 Å². The van der Waals surface area contributed by atoms with Gasteiger partial charge < -0.3 is 14.7 Å². The lowest BCUT2D eigenvalue weighted by atomic mass is 9.98. The highest BCUT2D eigenvalue weighted by Crippen LogP contribution is 2.35. The zero-order valence-electron chi connectivity index (χ0n) is 15.2. The van der Waals surface area contributed by atoms with Crippen molar-refractivity contribution in [2.24, 2.45) is 0 Å². The summed E-state index contributed by atoms with van der Waals surface area (Å²) in [6.45, 7) is 4.31. The van der Waals surface area contributed by atoms with Gasteiger partial charge in [0.25, 0.3) is 0 Å². The molecule has 0 aliphatic carbocycles. The lowest BCUT2D eigenvalue weighted by Crippen LogP contribution is -2.33. The first-order valence-corrected chi connectivity index (χ1v) is 9.22. The Hall–Kier alpha value is -2.72. The van der Waals surface area contributed by atoms with Crippen molar-refractivity contribution in [2.45, 2.75) is 25.9 Å². The molecule has 1 aliphatic heterocycles. The Kier molecular flexibility index (Phi) is 3.54. The molecule has 5 rings (SSSR count). The molecule has 132 valence electrons. The molecule has 2 aromatic heterocycles. The van der Waals surface area contributed by atoms with E-state index in [1.165, 1.54) is 33.2 Å². The van der Waals surface area contributed by atoms with E-state index >= 15 is 0 Å². The summed E-state index contributed by atoms with van der Waals surface area (Å²) >= 11 is 0. The number of hydrogen-bond acceptors (Lipinski definition) is 2. The number of methoxy groups -OCH3 is 1. The first-order chi connectivity index (χ1) is 12.7. The van der Waals surface area contributed by atoms with Crippen LogP contribution in [0.2, 0.25) is 0 Å². The molecule has 0 radical (unpaired) electrons. The zero-order chi connectivity index (χ0) is 17.7. The van der Waals surface area contributed by atoms with Crippen molar-refractivity contribution in [3.8, 4) is 5.75 Å². The van der Waals surface area contributed by atoms with Crippen LogP contribution in [0.15, 0.2) is 48.5 Å². The summed E-state index contributed by atoms with van der Waals surface area (Å²) in [4.78, 5) is 9.75. The molecule has 1 aliphatic rings. The van der Waals surface area contributed by atoms with Gasteiger partial charge in [-0.05, 0) is 49.2 Å². The largest absolute Gasteiger partial charge is 0.497 e. The number of nitrogens with one attached hydrogen (secondary N) is 2. The quantitative estimate of drug-likeness (QED) is 0.561. The van der Waals surface area contributed by atoms with E-state index in [2.05, 4.69) is 64.3 Å². The number of para-hydroxylation sites is 1. The van der Waals surface area contributed by atoms with Crippen LogP contribution in [0, 0.1) is 0 Å². The van der Waals surface area contributed by atoms with E-state index in [-0.39, 0.29) is 0 Å². The van der Waals surface area contributed by atoms with E-state index in [0.29, 0.717) is 6.04 Å². The number of aromatic amines is 2. The monoisotopic (exact) mass is 345 g/mol. The number of benzene rings is 2. The molecule has 26 heavy (non-hydrogen) atoms. The van der Waals surface area contributed by atoms with Crippen molar-refractivity contribution in [1.82, 2.24) is 14.9 Å². The summed E-state index contributed by atoms with van der Waals surface area (Å²) in [5, 5.41) is 2.59. The Morgan fingerprint density at radius 1 is 1.08 bits per heavy atom. The predicted molar refractivity (Wildman–Crippen MR) is 106 cm³/mol. The minimum absolute atomic E-state index is 0.382. The number of nitrogens with zero attached hydrogens (tertiary/aromatic N) is 1. The van der Waals surface area contributed by atoms with Gasteiger partial charge in [0, 0.05) is 52.3 Å². The fourth-order valence-electron chi connectivity index (χ4n) is 4.30. The van der Waals surface area contributed by atoms with Gasteiger partial charge in [-0.2, -0.15) is 0 Å². The molecule has 0 fully saturated rings. The van der Waals surface area contributed by atoms with E-state index in [1.807, 2.05) is 6.07 Å². The molecule has 4 nitrogen and oxygen atoms in total. The third-order valence-corrected chi connectivity index (χ3v) is 5.72. The minimum atomic E-state index is 0.382. The summed E-state index contributed by atoms with van der Waals surface area (Å²) in [5.74, 6) is 0.900. The summed E-state index contributed by atoms with van der Waals surface area (Å²) in [5.41, 5.74) is 6.53. The second kappa shape index (κ2) is 5.92. The Morgan fingerprint density at radius 3 is 2.85 bits per heavy atom. The number of H-pyrrole nitrogens is 2. The first kappa shape index (κ1) is 15.5. The van der Waals surface area contributed by atoms with E-state index in [0.717, 1.165) is 30.8 Å². The Balaban J connectivity index is 1.44. The van der Waals surface area contributed by atoms with E-state index in [9.17, 15) is 0 Å². The van der Waals surface area contributed by atoms with Gasteiger partial charge in [-0.25, -0.2) is 0 Å². The molecule has 0 saturated carbocycles. The summed E-state index contributed by atoms with van der Waals surface area (Å²) in [6.07, 6.45) is 1.09. The van der Waals surface area contributed by atoms with Gasteiger partial charge >= 0.3 is 0 Å². The van der Waals surface area contributed by atoms with Crippen molar-refractivity contribution >= 4 is 21.8 Å². The predicted octanol–water partition coefficient (Wildman–Crippen LogP) is 4.78. The number of rotatable bonds is 3. The van der Waals surface area contributed by atoms with Gasteiger partial charge in [-0.3, -0.25) is 4.90 Å². The fraction of sp³-hybridized carbons (Fsp3) is 0.273. The molecular formula is C22H23N3O. The van der Waals surface area contributed by atoms with Crippen LogP contribution in [-0.2, 0) is 13.0 Å². The molecule has 0 amide bonds. The molecule has 4 aromatic rings. The van der Waals surface area contributed by atoms with Crippen LogP contribution in [0.5, 0.6) is 5.75 Å². The van der Waals surface area contributed by atoms with Crippen LogP contribution >= 0.6 is 0 Å². The zero-order valence-corrected chi connectivity index (χ0v) is 15.2. The van der Waals surface area contributed by atoms with Gasteiger partial charge in [-0.15, -0.1) is 0 Å². The third-order valence-electron chi connectivity index (χ3n) is 5.72. The van der Waals surface area contributed by atoms with Gasteiger partial charge in [-0.1, -0.05) is 18.2 Å². The first-order valence-electron chi connectivity index (χ1n) is 9.22. The molecule has 0 spiro atoms. The minimum Gasteiger partial charge on any atom is -0.497 e. The fourth-order valence-corrected chi connectivity index (χ4v) is 4.30. The van der Waals surface area contributed by atoms with E-state index in [4.69, 9.17) is 4.74 Å². The number of ether oxygens (including phenoxy) is 1. The van der Waals surface area contributed by atoms with Crippen molar-refractivity contribution in [3.05, 3.63) is 65.5 Å². The van der Waals surface area contributed by atoms with Crippen molar-refractivity contribution in [1.29, 1.82) is 0 Å². The average Bonchev–Trinajstić information content (AvgIpc) is 3.24. The topological polar surface area (TPSA) is 44.0 Å². The number of hydrogen-bond donors (Lipinski definition) is 2. The standard InChI is InChI=1S/C22H23N3O/c1-14-22-19(18-5-3-4-6-21(18)24-22)9-10-25(14)13-16-11-15-12-17(26-2)7-8-20(15)23-16/h3-8,11-12,14,23-24H,9-10,13H2,1-2H3/t14-/m0/s1. The maximum atomic E-state index is 5.34. The summed E-state index contributed by atoms with van der Waals surface area (Å²) in [6, 6.07) is 17.4. The van der Waals surface area contributed by atoms with Crippen LogP contribution in [0.25, 0.3) is 21.8 Å². The van der Waals surface area contributed by atoms with Crippen molar-refractivity contribution in [3.63, 3.8) is 0 Å². The summed E-state index contributed by atoms with van der Waals surface area (Å²) < 4.78 is 5.34. The maximum Gasteiger partial charge on any atom is 0.119 e. The Bertz CT molecular complexity index is 1090. The molecule has 4 heteroatoms. The van der Waals surface area contributed by atoms with Gasteiger partial charge in [0.1, 0.15) is 5.75 Å². The highest BCUT2D eigenvalue weighted by molar-refractivity contribution is 5.85. The van der Waals surface area contributed by atoms with Crippen LogP contribution in [0.3, 0.4) is 0 Å². The number of fused-ring (bicyclic) bond motifs is 4. The lowest BCUT2D eigenvalue weighted by Gasteiger charge is -2.33. The van der Waals surface area contributed by atoms with E-state index < -0.39 is 0 Å². The van der Waals surface area contributed by atoms with E-state index in [1.54, 1.807) is 7.11 Å². The van der Waals surface area contributed by atoms with Gasteiger partial charge in [0.05, 0.1) is 7.11 Å². The molecule has 0 bridgehead atoms. The number of aromatic nitrogens is 2. The molecular weight excluding hydrogens is 322 g/mol. The van der Waals surface area contributed by atoms with Crippen LogP contribution in [0.1, 0.15) is 29.9 Å². The lowest BCUT2D eigenvalue weighted by molar-refractivity contribution is 0.185. The van der Waals surface area contributed by atoms with Crippen LogP contribution in [-0.4, -0.2) is 28.5 Å². The molecule has 2 aromatic carbocycles. The summed E-state index contributed by atoms with van der Waals surface area (Å²) in [7, 11) is 1.71.